The Bertz CT molecular complexity index is 179. The van der Waals surface area contributed by atoms with Gasteiger partial charge in [-0.3, -0.25) is 5.01 Å². The lowest BCUT2D eigenvalue weighted by Crippen LogP contribution is -2.25. The SMILES string of the molecule is O=NN1CCC(=C(F)F)CC1. The summed E-state index contributed by atoms with van der Waals surface area (Å²) in [6.07, 6.45) is -1.09. The molecule has 1 aliphatic rings. The molecule has 11 heavy (non-hydrogen) atoms. The summed E-state index contributed by atoms with van der Waals surface area (Å²) in [5.41, 5.74) is 0.157. The predicted molar refractivity (Wildman–Crippen MR) is 35.8 cm³/mol. The van der Waals surface area contributed by atoms with Crippen LogP contribution in [-0.4, -0.2) is 18.1 Å². The van der Waals surface area contributed by atoms with Crippen molar-refractivity contribution in [3.63, 3.8) is 0 Å². The smallest absolute Gasteiger partial charge is 0.260 e. The minimum atomic E-state index is -1.60. The Kier molecular flexibility index (Phi) is 2.51. The van der Waals surface area contributed by atoms with E-state index in [1.807, 2.05) is 0 Å². The second kappa shape index (κ2) is 3.41. The van der Waals surface area contributed by atoms with E-state index in [4.69, 9.17) is 0 Å². The Labute approximate surface area is 62.6 Å². The second-order valence-electron chi connectivity index (χ2n) is 2.40. The van der Waals surface area contributed by atoms with E-state index in [1.54, 1.807) is 0 Å². The molecule has 0 aromatic heterocycles. The van der Waals surface area contributed by atoms with Gasteiger partial charge in [-0.15, -0.1) is 4.91 Å². The number of hydrogen-bond acceptors (Lipinski definition) is 2. The molecule has 0 saturated carbocycles. The fourth-order valence-electron chi connectivity index (χ4n) is 1.04. The highest BCUT2D eigenvalue weighted by Gasteiger charge is 2.16. The first kappa shape index (κ1) is 8.10. The van der Waals surface area contributed by atoms with Gasteiger partial charge in [0.2, 0.25) is 0 Å². The Balaban J connectivity index is 2.48. The van der Waals surface area contributed by atoms with Gasteiger partial charge >= 0.3 is 0 Å². The van der Waals surface area contributed by atoms with E-state index in [2.05, 4.69) is 5.29 Å². The number of piperidine rings is 1. The molecule has 1 fully saturated rings. The maximum absolute atomic E-state index is 11.9. The molecule has 1 heterocycles. The molecular weight excluding hydrogens is 154 g/mol. The van der Waals surface area contributed by atoms with Crippen molar-refractivity contribution in [3.05, 3.63) is 16.6 Å². The van der Waals surface area contributed by atoms with Crippen molar-refractivity contribution < 1.29 is 8.78 Å². The van der Waals surface area contributed by atoms with Gasteiger partial charge in [0.25, 0.3) is 6.08 Å². The monoisotopic (exact) mass is 162 g/mol. The molecule has 0 bridgehead atoms. The summed E-state index contributed by atoms with van der Waals surface area (Å²) in [7, 11) is 0. The van der Waals surface area contributed by atoms with Gasteiger partial charge in [-0.2, -0.15) is 8.78 Å². The van der Waals surface area contributed by atoms with Gasteiger partial charge in [0.15, 0.2) is 0 Å². The zero-order valence-electron chi connectivity index (χ0n) is 5.89. The summed E-state index contributed by atoms with van der Waals surface area (Å²) in [6.45, 7) is 0.631. The average Bonchev–Trinajstić information content (AvgIpc) is 2.05. The number of hydrogen-bond donors (Lipinski definition) is 0. The molecule has 0 aliphatic carbocycles. The quantitative estimate of drug-likeness (QED) is 0.552. The molecule has 0 N–H and O–H groups in total. The summed E-state index contributed by atoms with van der Waals surface area (Å²) >= 11 is 0. The first-order valence-corrected chi connectivity index (χ1v) is 3.35. The lowest BCUT2D eigenvalue weighted by atomic mass is 10.1. The molecule has 1 rings (SSSR count). The molecule has 0 radical (unpaired) electrons. The first-order chi connectivity index (χ1) is 5.24. The van der Waals surface area contributed by atoms with Gasteiger partial charge in [-0.25, -0.2) is 0 Å². The summed E-state index contributed by atoms with van der Waals surface area (Å²) in [4.78, 5) is 9.91. The van der Waals surface area contributed by atoms with Gasteiger partial charge in [-0.05, 0) is 18.4 Å². The van der Waals surface area contributed by atoms with Crippen molar-refractivity contribution in [2.45, 2.75) is 12.8 Å². The zero-order valence-corrected chi connectivity index (χ0v) is 5.89. The topological polar surface area (TPSA) is 32.7 Å². The second-order valence-corrected chi connectivity index (χ2v) is 2.40. The Morgan fingerprint density at radius 3 is 2.27 bits per heavy atom. The van der Waals surface area contributed by atoms with E-state index in [-0.39, 0.29) is 18.4 Å². The molecular formula is C6H8F2N2O. The number of rotatable bonds is 1. The molecule has 0 unspecified atom stereocenters. The third-order valence-corrected chi connectivity index (χ3v) is 1.73. The van der Waals surface area contributed by atoms with Gasteiger partial charge in [0.05, 0.1) is 5.29 Å². The van der Waals surface area contributed by atoms with Crippen LogP contribution in [0.25, 0.3) is 0 Å². The third-order valence-electron chi connectivity index (χ3n) is 1.73. The largest absolute Gasteiger partial charge is 0.269 e. The summed E-state index contributed by atoms with van der Waals surface area (Å²) in [5, 5.41) is 3.91. The maximum atomic E-state index is 11.9. The molecule has 1 saturated heterocycles. The van der Waals surface area contributed by atoms with Crippen molar-refractivity contribution in [3.8, 4) is 0 Å². The van der Waals surface area contributed by atoms with E-state index in [0.717, 1.165) is 0 Å². The van der Waals surface area contributed by atoms with Gasteiger partial charge < -0.3 is 0 Å². The Hall–Kier alpha value is -1.00. The summed E-state index contributed by atoms with van der Waals surface area (Å²) in [6, 6.07) is 0. The zero-order chi connectivity index (χ0) is 8.27. The molecule has 0 aromatic rings. The van der Waals surface area contributed by atoms with Crippen LogP contribution >= 0.6 is 0 Å². The van der Waals surface area contributed by atoms with Gasteiger partial charge in [0, 0.05) is 13.1 Å². The van der Waals surface area contributed by atoms with E-state index in [0.29, 0.717) is 13.1 Å². The minimum absolute atomic E-state index is 0.157. The van der Waals surface area contributed by atoms with Crippen molar-refractivity contribution in [2.24, 2.45) is 5.29 Å². The average molecular weight is 162 g/mol. The molecule has 0 aromatic carbocycles. The van der Waals surface area contributed by atoms with Crippen LogP contribution in [0.15, 0.2) is 16.9 Å². The first-order valence-electron chi connectivity index (χ1n) is 3.35. The standard InChI is InChI=1S/C6H8F2N2O/c7-6(8)5-1-3-10(9-11)4-2-5/h1-4H2. The molecule has 3 nitrogen and oxygen atoms in total. The summed E-state index contributed by atoms with van der Waals surface area (Å²) < 4.78 is 23.8. The highest BCUT2D eigenvalue weighted by molar-refractivity contribution is 5.05. The van der Waals surface area contributed by atoms with Crippen LogP contribution in [0, 0.1) is 4.91 Å². The molecule has 1 aliphatic heterocycles. The van der Waals surface area contributed by atoms with Crippen molar-refractivity contribution in [2.75, 3.05) is 13.1 Å². The van der Waals surface area contributed by atoms with Crippen LogP contribution in [0.2, 0.25) is 0 Å². The fraction of sp³-hybridized carbons (Fsp3) is 0.667. The minimum Gasteiger partial charge on any atom is -0.260 e. The number of nitroso groups, excluding NO2 is 1. The summed E-state index contributed by atoms with van der Waals surface area (Å²) in [5.74, 6) is 0. The maximum Gasteiger partial charge on any atom is 0.269 e. The lowest BCUT2D eigenvalue weighted by molar-refractivity contribution is 0.255. The van der Waals surface area contributed by atoms with Crippen LogP contribution in [-0.2, 0) is 0 Å². The molecule has 0 amide bonds. The molecule has 5 heteroatoms. The molecule has 62 valence electrons. The Morgan fingerprint density at radius 2 is 1.91 bits per heavy atom. The lowest BCUT2D eigenvalue weighted by Gasteiger charge is -2.21. The van der Waals surface area contributed by atoms with Gasteiger partial charge in [-0.1, -0.05) is 0 Å². The molecule has 0 spiro atoms. The third kappa shape index (κ3) is 1.96. The van der Waals surface area contributed by atoms with Crippen molar-refractivity contribution >= 4 is 0 Å². The van der Waals surface area contributed by atoms with Crippen LogP contribution < -0.4 is 0 Å². The highest BCUT2D eigenvalue weighted by atomic mass is 19.3. The molecule has 0 atom stereocenters. The number of halogens is 2. The normalized spacial score (nSPS) is 18.4. The number of nitrogens with zero attached hydrogens (tertiary/aromatic N) is 2. The van der Waals surface area contributed by atoms with Crippen LogP contribution in [0.5, 0.6) is 0 Å². The van der Waals surface area contributed by atoms with E-state index < -0.39 is 6.08 Å². The van der Waals surface area contributed by atoms with E-state index >= 15 is 0 Å². The van der Waals surface area contributed by atoms with Gasteiger partial charge in [0.1, 0.15) is 0 Å². The van der Waals surface area contributed by atoms with Crippen LogP contribution in [0.3, 0.4) is 0 Å². The van der Waals surface area contributed by atoms with E-state index in [1.165, 1.54) is 5.01 Å². The van der Waals surface area contributed by atoms with E-state index in [9.17, 15) is 13.7 Å². The fourth-order valence-corrected chi connectivity index (χ4v) is 1.04. The van der Waals surface area contributed by atoms with Crippen LogP contribution in [0.4, 0.5) is 8.78 Å². The Morgan fingerprint density at radius 1 is 1.36 bits per heavy atom. The predicted octanol–water partition coefficient (Wildman–Crippen LogP) is 1.91. The highest BCUT2D eigenvalue weighted by Crippen LogP contribution is 2.21. The van der Waals surface area contributed by atoms with Crippen molar-refractivity contribution in [1.82, 2.24) is 5.01 Å². The van der Waals surface area contributed by atoms with Crippen LogP contribution in [0.1, 0.15) is 12.8 Å². The van der Waals surface area contributed by atoms with Crippen molar-refractivity contribution in [1.29, 1.82) is 0 Å².